The van der Waals surface area contributed by atoms with E-state index in [1.165, 1.54) is 11.8 Å². The molecule has 6 nitrogen and oxygen atoms in total. The second kappa shape index (κ2) is 8.60. The van der Waals surface area contributed by atoms with E-state index >= 15 is 0 Å². The van der Waals surface area contributed by atoms with Gasteiger partial charge >= 0.3 is 0 Å². The van der Waals surface area contributed by atoms with E-state index in [0.717, 1.165) is 17.5 Å². The van der Waals surface area contributed by atoms with E-state index in [9.17, 15) is 4.79 Å². The van der Waals surface area contributed by atoms with Gasteiger partial charge in [-0.05, 0) is 25.0 Å². The first kappa shape index (κ1) is 18.9. The van der Waals surface area contributed by atoms with Crippen molar-refractivity contribution in [3.8, 4) is 0 Å². The van der Waals surface area contributed by atoms with Gasteiger partial charge in [-0.2, -0.15) is 0 Å². The molecule has 7 heteroatoms. The Morgan fingerprint density at radius 1 is 1.24 bits per heavy atom. The van der Waals surface area contributed by atoms with E-state index in [0.29, 0.717) is 30.9 Å². The van der Waals surface area contributed by atoms with Crippen LogP contribution < -0.4 is 5.73 Å². The molecular weight excluding hydrogens is 340 g/mol. The van der Waals surface area contributed by atoms with Gasteiger partial charge in [-0.15, -0.1) is 12.4 Å². The minimum atomic E-state index is -0.0774. The summed E-state index contributed by atoms with van der Waals surface area (Å²) in [5.41, 5.74) is 8.56. The normalized spacial score (nSPS) is 10.5. The van der Waals surface area contributed by atoms with Crippen molar-refractivity contribution in [2.45, 2.75) is 13.3 Å². The lowest BCUT2D eigenvalue weighted by molar-refractivity contribution is 0.0762. The topological polar surface area (TPSA) is 85.2 Å². The van der Waals surface area contributed by atoms with Crippen LogP contribution in [0.1, 0.15) is 21.6 Å². The Kier molecular flexibility index (Phi) is 6.50. The number of carbonyl (C=O) groups is 1. The maximum atomic E-state index is 12.8. The first-order valence-electron chi connectivity index (χ1n) is 7.94. The molecule has 0 aliphatic heterocycles. The van der Waals surface area contributed by atoms with Crippen molar-refractivity contribution in [3.05, 3.63) is 59.4 Å². The molecular formula is C18H21ClN4O2. The molecule has 0 fully saturated rings. The summed E-state index contributed by atoms with van der Waals surface area (Å²) >= 11 is 0. The summed E-state index contributed by atoms with van der Waals surface area (Å²) in [5.74, 6) is -0.0774. The molecule has 0 radical (unpaired) electrons. The third-order valence-corrected chi connectivity index (χ3v) is 3.96. The molecule has 2 aromatic heterocycles. The van der Waals surface area contributed by atoms with E-state index in [4.69, 9.17) is 10.3 Å². The van der Waals surface area contributed by atoms with Crippen LogP contribution in [0.5, 0.6) is 0 Å². The molecule has 0 bridgehead atoms. The maximum Gasteiger partial charge on any atom is 0.257 e. The van der Waals surface area contributed by atoms with Gasteiger partial charge in [0.05, 0.1) is 16.6 Å². The van der Waals surface area contributed by atoms with Crippen LogP contribution in [0.15, 0.2) is 47.1 Å². The van der Waals surface area contributed by atoms with Gasteiger partial charge in [-0.3, -0.25) is 4.79 Å². The summed E-state index contributed by atoms with van der Waals surface area (Å²) in [6.07, 6.45) is 2.32. The lowest BCUT2D eigenvalue weighted by Crippen LogP contribution is -2.37. The fraction of sp³-hybridized carbons (Fsp3) is 0.278. The van der Waals surface area contributed by atoms with E-state index in [-0.39, 0.29) is 18.3 Å². The second-order valence-corrected chi connectivity index (χ2v) is 5.66. The number of pyridine rings is 1. The number of amides is 1. The summed E-state index contributed by atoms with van der Waals surface area (Å²) in [7, 11) is 0. The summed E-state index contributed by atoms with van der Waals surface area (Å²) in [4.78, 5) is 18.8. The molecule has 0 unspecified atom stereocenters. The zero-order chi connectivity index (χ0) is 16.9. The molecule has 0 saturated carbocycles. The van der Waals surface area contributed by atoms with Crippen molar-refractivity contribution in [1.82, 2.24) is 15.0 Å². The smallest absolute Gasteiger partial charge is 0.257 e. The molecule has 0 aliphatic rings. The molecule has 0 saturated heterocycles. The number of carbonyl (C=O) groups excluding carboxylic acids is 1. The molecule has 2 N–H and O–H groups in total. The number of hydrogen-bond acceptors (Lipinski definition) is 5. The van der Waals surface area contributed by atoms with E-state index in [2.05, 4.69) is 22.3 Å². The van der Waals surface area contributed by atoms with Crippen LogP contribution in [-0.2, 0) is 6.42 Å². The van der Waals surface area contributed by atoms with Crippen molar-refractivity contribution in [1.29, 1.82) is 0 Å². The van der Waals surface area contributed by atoms with Gasteiger partial charge in [-0.25, -0.2) is 4.98 Å². The first-order valence-corrected chi connectivity index (χ1v) is 7.94. The number of nitrogens with two attached hydrogens (primary N) is 1. The van der Waals surface area contributed by atoms with Gasteiger partial charge in [0.15, 0.2) is 0 Å². The minimum absolute atomic E-state index is 0. The highest BCUT2D eigenvalue weighted by molar-refractivity contribution is 5.97. The second-order valence-electron chi connectivity index (χ2n) is 5.66. The Balaban J connectivity index is 0.00000225. The van der Waals surface area contributed by atoms with Crippen molar-refractivity contribution in [2.24, 2.45) is 5.73 Å². The van der Waals surface area contributed by atoms with Gasteiger partial charge in [0.25, 0.3) is 11.6 Å². The third-order valence-electron chi connectivity index (χ3n) is 3.96. The number of aromatic nitrogens is 2. The van der Waals surface area contributed by atoms with Gasteiger partial charge < -0.3 is 15.2 Å². The van der Waals surface area contributed by atoms with E-state index in [1.54, 1.807) is 11.0 Å². The molecule has 25 heavy (non-hydrogen) atoms. The Bertz CT molecular complexity index is 835. The Morgan fingerprint density at radius 2 is 2.00 bits per heavy atom. The van der Waals surface area contributed by atoms with Gasteiger partial charge in [0, 0.05) is 25.8 Å². The fourth-order valence-electron chi connectivity index (χ4n) is 2.62. The summed E-state index contributed by atoms with van der Waals surface area (Å²) in [6, 6.07) is 11.9. The molecule has 1 amide bonds. The van der Waals surface area contributed by atoms with E-state index in [1.807, 2.05) is 25.1 Å². The predicted molar refractivity (Wildman–Crippen MR) is 98.9 cm³/mol. The summed E-state index contributed by atoms with van der Waals surface area (Å²) < 4.78 is 5.09. The highest BCUT2D eigenvalue weighted by atomic mass is 35.5. The SMILES string of the molecule is Cc1noc2ncc(C(=O)N(CCN)CCc3ccccc3)cc12.Cl. The zero-order valence-corrected chi connectivity index (χ0v) is 14.8. The van der Waals surface area contributed by atoms with E-state index < -0.39 is 0 Å². The Morgan fingerprint density at radius 3 is 2.72 bits per heavy atom. The number of hydrogen-bond donors (Lipinski definition) is 1. The number of fused-ring (bicyclic) bond motifs is 1. The third kappa shape index (κ3) is 4.35. The van der Waals surface area contributed by atoms with Gasteiger partial charge in [0.1, 0.15) is 0 Å². The number of benzene rings is 1. The molecule has 1 aromatic carbocycles. The highest BCUT2D eigenvalue weighted by Crippen LogP contribution is 2.18. The van der Waals surface area contributed by atoms with Crippen LogP contribution in [0.3, 0.4) is 0 Å². The zero-order valence-electron chi connectivity index (χ0n) is 14.0. The molecule has 3 aromatic rings. The first-order chi connectivity index (χ1) is 11.7. The number of rotatable bonds is 6. The molecule has 2 heterocycles. The summed E-state index contributed by atoms with van der Waals surface area (Å²) in [5, 5.41) is 4.63. The standard InChI is InChI=1S/C18H20N4O2.ClH/c1-13-16-11-15(12-20-17(16)24-21-13)18(23)22(10-8-19)9-7-14-5-3-2-4-6-14;/h2-6,11-12H,7-10,19H2,1H3;1H. The van der Waals surface area contributed by atoms with Gasteiger partial charge in [-0.1, -0.05) is 35.5 Å². The monoisotopic (exact) mass is 360 g/mol. The van der Waals surface area contributed by atoms with Crippen LogP contribution in [-0.4, -0.2) is 40.6 Å². The summed E-state index contributed by atoms with van der Waals surface area (Å²) in [6.45, 7) is 3.37. The van der Waals surface area contributed by atoms with Crippen molar-refractivity contribution in [3.63, 3.8) is 0 Å². The molecule has 0 atom stereocenters. The Hall–Kier alpha value is -2.44. The van der Waals surface area contributed by atoms with Crippen molar-refractivity contribution >= 4 is 29.4 Å². The van der Waals surface area contributed by atoms with Crippen LogP contribution in [0.2, 0.25) is 0 Å². The molecule has 0 aliphatic carbocycles. The quantitative estimate of drug-likeness (QED) is 0.730. The number of nitrogens with zero attached hydrogens (tertiary/aromatic N) is 3. The largest absolute Gasteiger partial charge is 0.337 e. The van der Waals surface area contributed by atoms with Crippen LogP contribution in [0.25, 0.3) is 11.1 Å². The van der Waals surface area contributed by atoms with Gasteiger partial charge in [0.2, 0.25) is 0 Å². The van der Waals surface area contributed by atoms with Crippen LogP contribution >= 0.6 is 12.4 Å². The lowest BCUT2D eigenvalue weighted by Gasteiger charge is -2.22. The molecule has 0 spiro atoms. The maximum absolute atomic E-state index is 12.8. The Labute approximate surface area is 152 Å². The number of aryl methyl sites for hydroxylation is 1. The molecule has 3 rings (SSSR count). The van der Waals surface area contributed by atoms with Crippen molar-refractivity contribution in [2.75, 3.05) is 19.6 Å². The average molecular weight is 361 g/mol. The predicted octanol–water partition coefficient (Wildman–Crippen LogP) is 2.60. The minimum Gasteiger partial charge on any atom is -0.337 e. The average Bonchev–Trinajstić information content (AvgIpc) is 2.99. The van der Waals surface area contributed by atoms with Crippen LogP contribution in [0, 0.1) is 6.92 Å². The van der Waals surface area contributed by atoms with Crippen molar-refractivity contribution < 1.29 is 9.32 Å². The highest BCUT2D eigenvalue weighted by Gasteiger charge is 2.17. The van der Waals surface area contributed by atoms with Crippen LogP contribution in [0.4, 0.5) is 0 Å². The lowest BCUT2D eigenvalue weighted by atomic mass is 10.1. The molecule has 132 valence electrons. The fourth-order valence-corrected chi connectivity index (χ4v) is 2.62. The number of halogens is 1.